The van der Waals surface area contributed by atoms with Crippen molar-refractivity contribution >= 4 is 22.6 Å². The number of fused-ring (bicyclic) bond motifs is 1. The molecule has 2 aromatic heterocycles. The standard InChI is InChI=1S/C20H20FN3.C2HF3O2/c21-17-5-1-14(2-6-17)15-3-7-18(8-4-15)24-13-16-9-11-22-20-19(16)10-12-23-20;3-2(4,5)1(6)7/h1-3,5-6,9-12,18,24H,4,7-8,13H2,(H,22,23);(H,6,7). The number of carbonyl (C=O) groups is 1. The highest BCUT2D eigenvalue weighted by Gasteiger charge is 2.38. The number of benzene rings is 1. The molecule has 4 rings (SSSR count). The second-order valence-corrected chi connectivity index (χ2v) is 7.10. The largest absolute Gasteiger partial charge is 0.490 e. The zero-order valence-corrected chi connectivity index (χ0v) is 16.4. The van der Waals surface area contributed by atoms with E-state index in [0.717, 1.165) is 37.0 Å². The molecule has 2 heterocycles. The van der Waals surface area contributed by atoms with Crippen molar-refractivity contribution in [1.82, 2.24) is 15.3 Å². The Morgan fingerprint density at radius 2 is 1.90 bits per heavy atom. The number of H-pyrrole nitrogens is 1. The molecule has 164 valence electrons. The summed E-state index contributed by atoms with van der Waals surface area (Å²) in [5.74, 6) is -2.93. The van der Waals surface area contributed by atoms with Crippen LogP contribution in [0.25, 0.3) is 16.6 Å². The third kappa shape index (κ3) is 6.14. The van der Waals surface area contributed by atoms with Crippen LogP contribution < -0.4 is 5.32 Å². The van der Waals surface area contributed by atoms with Crippen molar-refractivity contribution < 1.29 is 27.5 Å². The second-order valence-electron chi connectivity index (χ2n) is 7.10. The van der Waals surface area contributed by atoms with E-state index in [1.165, 1.54) is 28.7 Å². The molecule has 0 fully saturated rings. The van der Waals surface area contributed by atoms with E-state index >= 15 is 0 Å². The summed E-state index contributed by atoms with van der Waals surface area (Å²) in [6.07, 6.45) is 4.12. The van der Waals surface area contributed by atoms with Gasteiger partial charge in [-0.05, 0) is 60.2 Å². The average molecular weight is 435 g/mol. The van der Waals surface area contributed by atoms with E-state index in [2.05, 4.69) is 33.5 Å². The molecule has 0 amide bonds. The lowest BCUT2D eigenvalue weighted by molar-refractivity contribution is -0.192. The van der Waals surface area contributed by atoms with Crippen molar-refractivity contribution in [3.05, 3.63) is 71.8 Å². The molecular formula is C22H21F4N3O2. The number of halogens is 4. The molecule has 0 spiro atoms. The fourth-order valence-electron chi connectivity index (χ4n) is 3.37. The highest BCUT2D eigenvalue weighted by Crippen LogP contribution is 2.27. The number of carboxylic acids is 1. The Balaban J connectivity index is 0.000000339. The highest BCUT2D eigenvalue weighted by atomic mass is 19.4. The number of pyridine rings is 1. The Hall–Kier alpha value is -3.20. The van der Waals surface area contributed by atoms with Gasteiger partial charge < -0.3 is 15.4 Å². The quantitative estimate of drug-likeness (QED) is 0.501. The van der Waals surface area contributed by atoms with Gasteiger partial charge in [-0.15, -0.1) is 0 Å². The zero-order valence-electron chi connectivity index (χ0n) is 16.4. The number of rotatable bonds is 4. The number of alkyl halides is 3. The minimum Gasteiger partial charge on any atom is -0.475 e. The van der Waals surface area contributed by atoms with Gasteiger partial charge in [0.15, 0.2) is 0 Å². The molecular weight excluding hydrogens is 414 g/mol. The van der Waals surface area contributed by atoms with Crippen molar-refractivity contribution in [2.45, 2.75) is 38.0 Å². The molecule has 1 aliphatic rings. The van der Waals surface area contributed by atoms with E-state index in [9.17, 15) is 17.6 Å². The molecule has 1 unspecified atom stereocenters. The third-order valence-corrected chi connectivity index (χ3v) is 5.00. The first kappa shape index (κ1) is 22.5. The van der Waals surface area contributed by atoms with Crippen LogP contribution in [0, 0.1) is 5.82 Å². The number of allylic oxidation sites excluding steroid dienone is 1. The van der Waals surface area contributed by atoms with E-state index in [1.807, 2.05) is 24.5 Å². The molecule has 31 heavy (non-hydrogen) atoms. The predicted octanol–water partition coefficient (Wildman–Crippen LogP) is 5.06. The van der Waals surface area contributed by atoms with Crippen LogP contribution in [0.3, 0.4) is 0 Å². The first-order valence-corrected chi connectivity index (χ1v) is 9.63. The zero-order chi connectivity index (χ0) is 22.4. The van der Waals surface area contributed by atoms with Gasteiger partial charge in [0.2, 0.25) is 0 Å². The van der Waals surface area contributed by atoms with Gasteiger partial charge in [-0.2, -0.15) is 13.2 Å². The predicted molar refractivity (Wildman–Crippen MR) is 109 cm³/mol. The SMILES string of the molecule is Fc1ccc(C2=CCC(NCc3ccnc4[nH]ccc34)CC2)cc1.O=C(O)C(F)(F)F. The summed E-state index contributed by atoms with van der Waals surface area (Å²) in [5.41, 5.74) is 4.67. The van der Waals surface area contributed by atoms with Crippen molar-refractivity contribution in [2.75, 3.05) is 0 Å². The number of carboxylic acid groups (broad SMARTS) is 1. The van der Waals surface area contributed by atoms with Crippen LogP contribution in [-0.4, -0.2) is 33.3 Å². The number of nitrogens with zero attached hydrogens (tertiary/aromatic N) is 1. The molecule has 9 heteroatoms. The van der Waals surface area contributed by atoms with Crippen LogP contribution >= 0.6 is 0 Å². The molecule has 1 atom stereocenters. The number of hydrogen-bond donors (Lipinski definition) is 3. The van der Waals surface area contributed by atoms with Gasteiger partial charge in [0, 0.05) is 30.4 Å². The summed E-state index contributed by atoms with van der Waals surface area (Å²) in [6, 6.07) is 11.4. The summed E-state index contributed by atoms with van der Waals surface area (Å²) >= 11 is 0. The van der Waals surface area contributed by atoms with Crippen LogP contribution in [0.1, 0.15) is 30.4 Å². The molecule has 0 saturated carbocycles. The number of hydrogen-bond acceptors (Lipinski definition) is 3. The minimum atomic E-state index is -5.08. The van der Waals surface area contributed by atoms with Gasteiger partial charge in [0.25, 0.3) is 0 Å². The summed E-state index contributed by atoms with van der Waals surface area (Å²) in [7, 11) is 0. The molecule has 0 bridgehead atoms. The Morgan fingerprint density at radius 1 is 1.19 bits per heavy atom. The number of aromatic nitrogens is 2. The normalized spacial score (nSPS) is 16.4. The molecule has 0 saturated heterocycles. The summed E-state index contributed by atoms with van der Waals surface area (Å²) in [5, 5.41) is 12.0. The Morgan fingerprint density at radius 3 is 2.52 bits per heavy atom. The summed E-state index contributed by atoms with van der Waals surface area (Å²) in [6.45, 7) is 0.848. The van der Waals surface area contributed by atoms with Gasteiger partial charge in [-0.3, -0.25) is 0 Å². The van der Waals surface area contributed by atoms with Gasteiger partial charge in [-0.25, -0.2) is 14.2 Å². The number of aliphatic carboxylic acids is 1. The van der Waals surface area contributed by atoms with E-state index in [-0.39, 0.29) is 5.82 Å². The van der Waals surface area contributed by atoms with E-state index in [1.54, 1.807) is 0 Å². The molecule has 3 aromatic rings. The lowest BCUT2D eigenvalue weighted by Gasteiger charge is -2.23. The van der Waals surface area contributed by atoms with E-state index in [0.29, 0.717) is 6.04 Å². The highest BCUT2D eigenvalue weighted by molar-refractivity contribution is 5.79. The number of aromatic amines is 1. The van der Waals surface area contributed by atoms with Crippen molar-refractivity contribution in [3.63, 3.8) is 0 Å². The molecule has 5 nitrogen and oxygen atoms in total. The van der Waals surface area contributed by atoms with E-state index < -0.39 is 12.1 Å². The molecule has 0 radical (unpaired) electrons. The second kappa shape index (κ2) is 9.74. The van der Waals surface area contributed by atoms with Gasteiger partial charge in [0.1, 0.15) is 11.5 Å². The van der Waals surface area contributed by atoms with Crippen LogP contribution in [0.15, 0.2) is 54.9 Å². The topological polar surface area (TPSA) is 78.0 Å². The first-order valence-electron chi connectivity index (χ1n) is 9.63. The van der Waals surface area contributed by atoms with Crippen LogP contribution in [-0.2, 0) is 11.3 Å². The smallest absolute Gasteiger partial charge is 0.475 e. The maximum atomic E-state index is 13.0. The lowest BCUT2D eigenvalue weighted by atomic mass is 9.90. The van der Waals surface area contributed by atoms with Crippen LogP contribution in [0.5, 0.6) is 0 Å². The monoisotopic (exact) mass is 435 g/mol. The Kier molecular flexibility index (Phi) is 7.06. The fourth-order valence-corrected chi connectivity index (χ4v) is 3.37. The maximum Gasteiger partial charge on any atom is 0.490 e. The maximum absolute atomic E-state index is 13.0. The fraction of sp³-hybridized carbons (Fsp3) is 0.273. The Labute approximate surface area is 175 Å². The van der Waals surface area contributed by atoms with Crippen molar-refractivity contribution in [1.29, 1.82) is 0 Å². The summed E-state index contributed by atoms with van der Waals surface area (Å²) < 4.78 is 44.8. The molecule has 1 aromatic carbocycles. The van der Waals surface area contributed by atoms with Crippen LogP contribution in [0.4, 0.5) is 17.6 Å². The summed E-state index contributed by atoms with van der Waals surface area (Å²) in [4.78, 5) is 16.4. The molecule has 3 N–H and O–H groups in total. The first-order chi connectivity index (χ1) is 14.7. The Bertz CT molecular complexity index is 1060. The van der Waals surface area contributed by atoms with Gasteiger partial charge >= 0.3 is 12.1 Å². The molecule has 0 aliphatic heterocycles. The molecule has 1 aliphatic carbocycles. The minimum absolute atomic E-state index is 0.178. The van der Waals surface area contributed by atoms with Gasteiger partial charge in [0.05, 0.1) is 0 Å². The van der Waals surface area contributed by atoms with Crippen molar-refractivity contribution in [2.24, 2.45) is 0 Å². The third-order valence-electron chi connectivity index (χ3n) is 5.00. The van der Waals surface area contributed by atoms with Crippen molar-refractivity contribution in [3.8, 4) is 0 Å². The van der Waals surface area contributed by atoms with E-state index in [4.69, 9.17) is 9.90 Å². The average Bonchev–Trinajstić information content (AvgIpc) is 3.22. The number of nitrogens with one attached hydrogen (secondary N) is 2. The lowest BCUT2D eigenvalue weighted by Crippen LogP contribution is -2.29. The van der Waals surface area contributed by atoms with Crippen LogP contribution in [0.2, 0.25) is 0 Å². The van der Waals surface area contributed by atoms with Gasteiger partial charge in [-0.1, -0.05) is 18.2 Å².